The number of hydrogen-bond acceptors (Lipinski definition) is 2. The zero-order valence-electron chi connectivity index (χ0n) is 5.73. The van der Waals surface area contributed by atoms with E-state index >= 15 is 0 Å². The summed E-state index contributed by atoms with van der Waals surface area (Å²) in [4.78, 5) is 20.6. The van der Waals surface area contributed by atoms with Crippen molar-refractivity contribution in [2.75, 3.05) is 0 Å². The van der Waals surface area contributed by atoms with Crippen LogP contribution in [0.2, 0.25) is 0 Å². The molecule has 0 amide bonds. The molecule has 50 valence electrons. The fourth-order valence-electron chi connectivity index (χ4n) is 0.403. The van der Waals surface area contributed by atoms with Gasteiger partial charge in [-0.3, -0.25) is 9.59 Å². The van der Waals surface area contributed by atoms with Crippen molar-refractivity contribution in [2.45, 2.75) is 26.7 Å². The van der Waals surface area contributed by atoms with E-state index in [0.717, 1.165) is 0 Å². The van der Waals surface area contributed by atoms with Crippen molar-refractivity contribution >= 4 is 11.6 Å². The van der Waals surface area contributed by atoms with Crippen molar-refractivity contribution < 1.29 is 35.8 Å². The summed E-state index contributed by atoms with van der Waals surface area (Å²) in [5.41, 5.74) is 0. The Kier molecular flexibility index (Phi) is 8.43. The summed E-state index contributed by atoms with van der Waals surface area (Å²) in [6.45, 7) is 3.18. The molecule has 0 heterocycles. The number of carbonyl (C=O) groups excluding carboxylic acids is 2. The molecule has 0 aliphatic rings. The molecular weight excluding hydrogens is 195 g/mol. The van der Waals surface area contributed by atoms with Crippen molar-refractivity contribution in [2.24, 2.45) is 0 Å². The largest absolute Gasteiger partial charge is 0.300 e. The van der Waals surface area contributed by atoms with Crippen LogP contribution in [0.1, 0.15) is 26.7 Å². The molecule has 0 bridgehead atoms. The van der Waals surface area contributed by atoms with Crippen LogP contribution in [-0.4, -0.2) is 11.6 Å². The van der Waals surface area contributed by atoms with Gasteiger partial charge in [0.05, 0.1) is 6.42 Å². The Bertz CT molecular complexity index is 110. The van der Waals surface area contributed by atoms with E-state index in [1.807, 2.05) is 0 Å². The average Bonchev–Trinajstić information content (AvgIpc) is 1.65. The van der Waals surface area contributed by atoms with E-state index in [1.54, 1.807) is 6.92 Å². The first-order chi connectivity index (χ1) is 3.66. The van der Waals surface area contributed by atoms with Gasteiger partial charge in [0.25, 0.3) is 0 Å². The summed E-state index contributed by atoms with van der Waals surface area (Å²) >= 11 is 0. The molecule has 0 aliphatic heterocycles. The minimum absolute atomic E-state index is 0. The quantitative estimate of drug-likeness (QED) is 0.643. The number of hydrogen-bond donors (Lipinski definition) is 0. The zero-order chi connectivity index (χ0) is 6.57. The molecule has 9 heavy (non-hydrogen) atoms. The Morgan fingerprint density at radius 1 is 1.33 bits per heavy atom. The van der Waals surface area contributed by atoms with Gasteiger partial charge in [0.1, 0.15) is 11.6 Å². The Morgan fingerprint density at radius 2 is 1.78 bits per heavy atom. The molecule has 0 N–H and O–H groups in total. The van der Waals surface area contributed by atoms with Gasteiger partial charge in [0.2, 0.25) is 0 Å². The van der Waals surface area contributed by atoms with Gasteiger partial charge in [-0.1, -0.05) is 6.92 Å². The molecule has 0 spiro atoms. The van der Waals surface area contributed by atoms with E-state index in [1.165, 1.54) is 6.92 Å². The van der Waals surface area contributed by atoms with E-state index in [0.29, 0.717) is 6.42 Å². The first kappa shape index (κ1) is 12.0. The monoisotopic (exact) mass is 204 g/mol. The van der Waals surface area contributed by atoms with Crippen molar-refractivity contribution in [3.63, 3.8) is 0 Å². The Labute approximate surface area is 74.1 Å². The van der Waals surface area contributed by atoms with Crippen LogP contribution in [0.15, 0.2) is 0 Å². The summed E-state index contributed by atoms with van der Waals surface area (Å²) in [7, 11) is 0. The number of carbonyl (C=O) groups is 2. The van der Waals surface area contributed by atoms with E-state index < -0.39 is 0 Å². The molecule has 2 nitrogen and oxygen atoms in total. The van der Waals surface area contributed by atoms with Crippen LogP contribution in [0, 0.1) is 0 Å². The first-order valence-corrected chi connectivity index (χ1v) is 2.68. The molecule has 0 rings (SSSR count). The molecule has 0 saturated heterocycles. The summed E-state index contributed by atoms with van der Waals surface area (Å²) in [6, 6.07) is 0. The van der Waals surface area contributed by atoms with Crippen LogP contribution < -0.4 is 0 Å². The molecule has 0 radical (unpaired) electrons. The van der Waals surface area contributed by atoms with Gasteiger partial charge >= 0.3 is 0 Å². The van der Waals surface area contributed by atoms with Crippen LogP contribution in [0.4, 0.5) is 0 Å². The second kappa shape index (κ2) is 6.34. The molecule has 0 fully saturated rings. The number of rotatable bonds is 3. The summed E-state index contributed by atoms with van der Waals surface area (Å²) in [5.74, 6) is -0.0191. The van der Waals surface area contributed by atoms with Gasteiger partial charge < -0.3 is 0 Å². The second-order valence-electron chi connectivity index (χ2n) is 1.77. The molecule has 0 aromatic rings. The molecule has 0 atom stereocenters. The average molecular weight is 205 g/mol. The van der Waals surface area contributed by atoms with Crippen LogP contribution >= 0.6 is 0 Å². The van der Waals surface area contributed by atoms with E-state index in [-0.39, 0.29) is 44.2 Å². The van der Waals surface area contributed by atoms with Crippen molar-refractivity contribution in [3.05, 3.63) is 0 Å². The molecule has 0 saturated carbocycles. The Morgan fingerprint density at radius 3 is 1.89 bits per heavy atom. The van der Waals surface area contributed by atoms with Gasteiger partial charge in [-0.25, -0.2) is 0 Å². The van der Waals surface area contributed by atoms with Gasteiger partial charge in [0, 0.05) is 32.6 Å². The van der Waals surface area contributed by atoms with E-state index in [4.69, 9.17) is 0 Å². The Balaban J connectivity index is 0. The fraction of sp³-hybridized carbons (Fsp3) is 0.667. The standard InChI is InChI=1S/C6H10O2.Zr/c1-3-6(8)4-5(2)7;/h3-4H2,1-2H3;. The molecule has 0 aromatic heterocycles. The summed E-state index contributed by atoms with van der Waals surface area (Å²) < 4.78 is 0. The Hall–Kier alpha value is 0.223. The molecule has 0 aliphatic carbocycles. The van der Waals surface area contributed by atoms with Crippen molar-refractivity contribution in [1.29, 1.82) is 0 Å². The maximum Gasteiger partial charge on any atom is 0.139 e. The van der Waals surface area contributed by atoms with Crippen LogP contribution in [0.3, 0.4) is 0 Å². The predicted octanol–water partition coefficient (Wildman–Crippen LogP) is 0.942. The van der Waals surface area contributed by atoms with Gasteiger partial charge in [-0.15, -0.1) is 0 Å². The van der Waals surface area contributed by atoms with Gasteiger partial charge in [0.15, 0.2) is 0 Å². The van der Waals surface area contributed by atoms with Crippen LogP contribution in [-0.2, 0) is 35.8 Å². The third-order valence-corrected chi connectivity index (χ3v) is 0.840. The molecule has 0 unspecified atom stereocenters. The van der Waals surface area contributed by atoms with Gasteiger partial charge in [-0.2, -0.15) is 0 Å². The molecule has 3 heteroatoms. The minimum atomic E-state index is -0.0446. The summed E-state index contributed by atoms with van der Waals surface area (Å²) in [5, 5.41) is 0. The predicted molar refractivity (Wildman–Crippen MR) is 30.6 cm³/mol. The molecular formula is C6H10O2Zr. The third kappa shape index (κ3) is 8.22. The normalized spacial score (nSPS) is 7.78. The first-order valence-electron chi connectivity index (χ1n) is 2.68. The number of Topliss-reactive ketones (excluding diaryl/α,β-unsaturated/α-hetero) is 2. The molecule has 0 aromatic carbocycles. The van der Waals surface area contributed by atoms with Crippen LogP contribution in [0.5, 0.6) is 0 Å². The third-order valence-electron chi connectivity index (χ3n) is 0.840. The van der Waals surface area contributed by atoms with Gasteiger partial charge in [-0.05, 0) is 6.92 Å². The topological polar surface area (TPSA) is 34.1 Å². The van der Waals surface area contributed by atoms with Crippen molar-refractivity contribution in [3.8, 4) is 0 Å². The van der Waals surface area contributed by atoms with Crippen molar-refractivity contribution in [1.82, 2.24) is 0 Å². The SMILES string of the molecule is CCC(=O)CC(C)=O.[Zr]. The minimum Gasteiger partial charge on any atom is -0.300 e. The maximum absolute atomic E-state index is 10.4. The second-order valence-corrected chi connectivity index (χ2v) is 1.77. The smallest absolute Gasteiger partial charge is 0.139 e. The van der Waals surface area contributed by atoms with E-state index in [2.05, 4.69) is 0 Å². The van der Waals surface area contributed by atoms with E-state index in [9.17, 15) is 9.59 Å². The van der Waals surface area contributed by atoms with Crippen LogP contribution in [0.25, 0.3) is 0 Å². The zero-order valence-corrected chi connectivity index (χ0v) is 8.19. The fourth-order valence-corrected chi connectivity index (χ4v) is 0.403. The maximum atomic E-state index is 10.4. The summed E-state index contributed by atoms with van der Waals surface area (Å²) in [6.07, 6.45) is 0.579. The number of ketones is 2.